The van der Waals surface area contributed by atoms with Gasteiger partial charge >= 0.3 is 0 Å². The predicted octanol–water partition coefficient (Wildman–Crippen LogP) is 2.39. The average Bonchev–Trinajstić information content (AvgIpc) is 2.77. The molecule has 2 rings (SSSR count). The molecule has 0 spiro atoms. The first-order valence-electron chi connectivity index (χ1n) is 6.28. The number of nitrogens with zero attached hydrogens (tertiary/aromatic N) is 2. The number of aromatic nitrogens is 2. The molecule has 0 atom stereocenters. The zero-order valence-corrected chi connectivity index (χ0v) is 11.2. The maximum Gasteiger partial charge on any atom is 0.130 e. The van der Waals surface area contributed by atoms with E-state index in [4.69, 9.17) is 10.5 Å². The number of aryl methyl sites for hydroxylation is 2. The second kappa shape index (κ2) is 5.84. The van der Waals surface area contributed by atoms with E-state index in [0.717, 1.165) is 17.9 Å². The molecule has 4 nitrogen and oxygen atoms in total. The van der Waals surface area contributed by atoms with Crippen molar-refractivity contribution >= 4 is 0 Å². The summed E-state index contributed by atoms with van der Waals surface area (Å²) in [7, 11) is 0. The van der Waals surface area contributed by atoms with Crippen molar-refractivity contribution in [1.29, 1.82) is 0 Å². The van der Waals surface area contributed by atoms with E-state index in [1.165, 1.54) is 12.1 Å². The van der Waals surface area contributed by atoms with E-state index in [-0.39, 0.29) is 12.4 Å². The maximum absolute atomic E-state index is 13.1. The SMILES string of the molecule is CCn1nc(C)cc1COc1ccc(F)cc1CN. The van der Waals surface area contributed by atoms with Crippen LogP contribution in [0.4, 0.5) is 4.39 Å². The minimum absolute atomic E-state index is 0.249. The fourth-order valence-electron chi connectivity index (χ4n) is 1.99. The van der Waals surface area contributed by atoms with Gasteiger partial charge in [-0.2, -0.15) is 5.10 Å². The zero-order chi connectivity index (χ0) is 13.8. The smallest absolute Gasteiger partial charge is 0.130 e. The summed E-state index contributed by atoms with van der Waals surface area (Å²) in [6.07, 6.45) is 0. The van der Waals surface area contributed by atoms with Gasteiger partial charge in [-0.15, -0.1) is 0 Å². The lowest BCUT2D eigenvalue weighted by Gasteiger charge is -2.11. The van der Waals surface area contributed by atoms with Crippen LogP contribution in [0.15, 0.2) is 24.3 Å². The monoisotopic (exact) mass is 263 g/mol. The van der Waals surface area contributed by atoms with Crippen molar-refractivity contribution in [3.05, 3.63) is 47.0 Å². The van der Waals surface area contributed by atoms with Gasteiger partial charge in [0.2, 0.25) is 0 Å². The molecule has 0 bridgehead atoms. The Morgan fingerprint density at radius 3 is 2.84 bits per heavy atom. The van der Waals surface area contributed by atoms with Gasteiger partial charge in [-0.25, -0.2) is 4.39 Å². The van der Waals surface area contributed by atoms with Crippen molar-refractivity contribution in [2.45, 2.75) is 33.5 Å². The van der Waals surface area contributed by atoms with E-state index in [1.807, 2.05) is 24.6 Å². The molecule has 0 aliphatic heterocycles. The van der Waals surface area contributed by atoms with E-state index in [1.54, 1.807) is 6.07 Å². The summed E-state index contributed by atoms with van der Waals surface area (Å²) >= 11 is 0. The molecule has 0 unspecified atom stereocenters. The fourth-order valence-corrected chi connectivity index (χ4v) is 1.99. The van der Waals surface area contributed by atoms with Crippen LogP contribution in [-0.4, -0.2) is 9.78 Å². The van der Waals surface area contributed by atoms with Gasteiger partial charge in [0.05, 0.1) is 11.4 Å². The Morgan fingerprint density at radius 1 is 1.37 bits per heavy atom. The van der Waals surface area contributed by atoms with Crippen molar-refractivity contribution in [3.63, 3.8) is 0 Å². The summed E-state index contributed by atoms with van der Waals surface area (Å²) in [4.78, 5) is 0. The minimum atomic E-state index is -0.303. The Bertz CT molecular complexity index is 566. The second-order valence-electron chi connectivity index (χ2n) is 4.34. The molecule has 0 saturated carbocycles. The normalized spacial score (nSPS) is 10.7. The molecule has 1 heterocycles. The standard InChI is InChI=1S/C14H18FN3O/c1-3-18-13(6-10(2)17-18)9-19-14-5-4-12(15)7-11(14)8-16/h4-7H,3,8-9,16H2,1-2H3. The largest absolute Gasteiger partial charge is 0.487 e. The van der Waals surface area contributed by atoms with Gasteiger partial charge in [-0.3, -0.25) is 4.68 Å². The molecule has 5 heteroatoms. The molecule has 0 aliphatic carbocycles. The Hall–Kier alpha value is -1.88. The summed E-state index contributed by atoms with van der Waals surface area (Å²) in [6.45, 7) is 5.41. The highest BCUT2D eigenvalue weighted by atomic mass is 19.1. The van der Waals surface area contributed by atoms with E-state index in [2.05, 4.69) is 5.10 Å². The van der Waals surface area contributed by atoms with Crippen LogP contribution in [0.3, 0.4) is 0 Å². The number of benzene rings is 1. The third-order valence-electron chi connectivity index (χ3n) is 2.90. The van der Waals surface area contributed by atoms with Gasteiger partial charge in [-0.05, 0) is 38.1 Å². The van der Waals surface area contributed by atoms with Crippen molar-refractivity contribution in [3.8, 4) is 5.75 Å². The highest BCUT2D eigenvalue weighted by molar-refractivity contribution is 5.34. The molecule has 102 valence electrons. The summed E-state index contributed by atoms with van der Waals surface area (Å²) in [5.41, 5.74) is 8.20. The average molecular weight is 263 g/mol. The molecule has 0 fully saturated rings. The van der Waals surface area contributed by atoms with Crippen molar-refractivity contribution in [2.75, 3.05) is 0 Å². The van der Waals surface area contributed by atoms with Crippen LogP contribution in [0.5, 0.6) is 5.75 Å². The number of nitrogens with two attached hydrogens (primary N) is 1. The minimum Gasteiger partial charge on any atom is -0.487 e. The van der Waals surface area contributed by atoms with Crippen molar-refractivity contribution in [1.82, 2.24) is 9.78 Å². The second-order valence-corrected chi connectivity index (χ2v) is 4.34. The van der Waals surface area contributed by atoms with E-state index in [0.29, 0.717) is 17.9 Å². The molecule has 0 radical (unpaired) electrons. The highest BCUT2D eigenvalue weighted by Crippen LogP contribution is 2.20. The highest BCUT2D eigenvalue weighted by Gasteiger charge is 2.08. The zero-order valence-electron chi connectivity index (χ0n) is 11.2. The fraction of sp³-hybridized carbons (Fsp3) is 0.357. The van der Waals surface area contributed by atoms with Crippen LogP contribution in [-0.2, 0) is 19.7 Å². The number of ether oxygens (including phenoxy) is 1. The van der Waals surface area contributed by atoms with Gasteiger partial charge in [0.15, 0.2) is 0 Å². The lowest BCUT2D eigenvalue weighted by atomic mass is 10.2. The summed E-state index contributed by atoms with van der Waals surface area (Å²) in [6, 6.07) is 6.36. The van der Waals surface area contributed by atoms with E-state index >= 15 is 0 Å². The molecule has 19 heavy (non-hydrogen) atoms. The summed E-state index contributed by atoms with van der Waals surface area (Å²) in [5, 5.41) is 4.35. The van der Waals surface area contributed by atoms with Crippen molar-refractivity contribution in [2.24, 2.45) is 5.73 Å². The Labute approximate surface area is 112 Å². The van der Waals surface area contributed by atoms with Gasteiger partial charge in [0, 0.05) is 18.7 Å². The number of hydrogen-bond donors (Lipinski definition) is 1. The number of hydrogen-bond acceptors (Lipinski definition) is 3. The Balaban J connectivity index is 2.14. The third-order valence-corrected chi connectivity index (χ3v) is 2.90. The lowest BCUT2D eigenvalue weighted by molar-refractivity contribution is 0.289. The first-order valence-corrected chi connectivity index (χ1v) is 6.28. The van der Waals surface area contributed by atoms with Crippen LogP contribution >= 0.6 is 0 Å². The quantitative estimate of drug-likeness (QED) is 0.901. The maximum atomic E-state index is 13.1. The number of halogens is 1. The van der Waals surface area contributed by atoms with Crippen LogP contribution in [0.25, 0.3) is 0 Å². The van der Waals surface area contributed by atoms with Gasteiger partial charge in [0.1, 0.15) is 18.2 Å². The van der Waals surface area contributed by atoms with E-state index < -0.39 is 0 Å². The molecule has 2 N–H and O–H groups in total. The summed E-state index contributed by atoms with van der Waals surface area (Å²) in [5.74, 6) is 0.313. The Kier molecular flexibility index (Phi) is 4.16. The predicted molar refractivity (Wildman–Crippen MR) is 71.3 cm³/mol. The number of rotatable bonds is 5. The van der Waals surface area contributed by atoms with Crippen LogP contribution < -0.4 is 10.5 Å². The van der Waals surface area contributed by atoms with Crippen molar-refractivity contribution < 1.29 is 9.13 Å². The van der Waals surface area contributed by atoms with Crippen LogP contribution in [0, 0.1) is 12.7 Å². The molecule has 1 aromatic heterocycles. The van der Waals surface area contributed by atoms with Gasteiger partial charge in [0.25, 0.3) is 0 Å². The molecule has 0 saturated heterocycles. The summed E-state index contributed by atoms with van der Waals surface area (Å²) < 4.78 is 20.7. The first kappa shape index (κ1) is 13.5. The molecule has 2 aromatic rings. The lowest BCUT2D eigenvalue weighted by Crippen LogP contribution is -2.08. The molecular weight excluding hydrogens is 245 g/mol. The third kappa shape index (κ3) is 3.12. The molecule has 1 aromatic carbocycles. The van der Waals surface area contributed by atoms with Gasteiger partial charge < -0.3 is 10.5 Å². The van der Waals surface area contributed by atoms with E-state index in [9.17, 15) is 4.39 Å². The van der Waals surface area contributed by atoms with Crippen LogP contribution in [0.1, 0.15) is 23.9 Å². The topological polar surface area (TPSA) is 53.1 Å². The molecule has 0 amide bonds. The first-order chi connectivity index (χ1) is 9.13. The Morgan fingerprint density at radius 2 is 2.16 bits per heavy atom. The molecular formula is C14H18FN3O. The van der Waals surface area contributed by atoms with Crippen LogP contribution in [0.2, 0.25) is 0 Å². The molecule has 0 aliphatic rings. The van der Waals surface area contributed by atoms with Gasteiger partial charge in [-0.1, -0.05) is 0 Å².